The van der Waals surface area contributed by atoms with Crippen LogP contribution in [0, 0.1) is 5.82 Å². The van der Waals surface area contributed by atoms with Gasteiger partial charge >= 0.3 is 0 Å². The monoisotopic (exact) mass is 372 g/mol. The molecule has 1 amide bonds. The molecule has 9 heteroatoms. The summed E-state index contributed by atoms with van der Waals surface area (Å²) in [4.78, 5) is 13.6. The largest absolute Gasteiger partial charge is 0.494 e. The van der Waals surface area contributed by atoms with E-state index in [1.807, 2.05) is 11.8 Å². The summed E-state index contributed by atoms with van der Waals surface area (Å²) >= 11 is 5.55. The van der Waals surface area contributed by atoms with Gasteiger partial charge in [0, 0.05) is 5.56 Å². The van der Waals surface area contributed by atoms with E-state index in [0.717, 1.165) is 18.2 Å². The number of nitrogens with one attached hydrogen (secondary N) is 2. The first-order valence-electron chi connectivity index (χ1n) is 6.83. The van der Waals surface area contributed by atoms with Gasteiger partial charge in [-0.2, -0.15) is 0 Å². The molecule has 0 fully saturated rings. The summed E-state index contributed by atoms with van der Waals surface area (Å²) < 4.78 is 42.4. The fourth-order valence-electron chi connectivity index (χ4n) is 1.76. The van der Waals surface area contributed by atoms with Gasteiger partial charge in [0.15, 0.2) is 0 Å². The average molecular weight is 373 g/mol. The van der Waals surface area contributed by atoms with Crippen molar-refractivity contribution in [2.45, 2.75) is 11.8 Å². The number of ether oxygens (including phenoxy) is 1. The Morgan fingerprint density at radius 2 is 1.88 bits per heavy atom. The molecule has 6 nitrogen and oxygen atoms in total. The molecule has 0 saturated carbocycles. The molecule has 2 N–H and O–H groups in total. The summed E-state index contributed by atoms with van der Waals surface area (Å²) in [6, 6.07) is 9.06. The second-order valence-electron chi connectivity index (χ2n) is 4.59. The van der Waals surface area contributed by atoms with Gasteiger partial charge in [0.25, 0.3) is 15.9 Å². The van der Waals surface area contributed by atoms with Crippen molar-refractivity contribution in [3.63, 3.8) is 0 Å². The van der Waals surface area contributed by atoms with E-state index in [0.29, 0.717) is 12.4 Å². The van der Waals surface area contributed by atoms with E-state index < -0.39 is 21.7 Å². The fourth-order valence-corrected chi connectivity index (χ4v) is 2.87. The Morgan fingerprint density at radius 3 is 2.46 bits per heavy atom. The lowest BCUT2D eigenvalue weighted by Crippen LogP contribution is -2.41. The number of hydrazine groups is 1. The van der Waals surface area contributed by atoms with Gasteiger partial charge in [-0.25, -0.2) is 12.8 Å². The molecule has 0 unspecified atom stereocenters. The van der Waals surface area contributed by atoms with Crippen LogP contribution in [0.1, 0.15) is 17.3 Å². The molecule has 0 heterocycles. The van der Waals surface area contributed by atoms with Crippen molar-refractivity contribution in [3.05, 3.63) is 58.9 Å². The van der Waals surface area contributed by atoms with Crippen molar-refractivity contribution in [2.24, 2.45) is 0 Å². The first kappa shape index (κ1) is 18.2. The van der Waals surface area contributed by atoms with Crippen molar-refractivity contribution in [2.75, 3.05) is 6.61 Å². The number of carbonyl (C=O) groups excluding carboxylic acids is 1. The van der Waals surface area contributed by atoms with Gasteiger partial charge in [-0.05, 0) is 49.4 Å². The number of amides is 1. The van der Waals surface area contributed by atoms with Crippen LogP contribution in [0.25, 0.3) is 0 Å². The average Bonchev–Trinajstić information content (AvgIpc) is 2.56. The molecule has 0 atom stereocenters. The van der Waals surface area contributed by atoms with E-state index in [-0.39, 0.29) is 15.5 Å². The van der Waals surface area contributed by atoms with Crippen LogP contribution in [0.5, 0.6) is 5.75 Å². The highest BCUT2D eigenvalue weighted by Crippen LogP contribution is 2.19. The summed E-state index contributed by atoms with van der Waals surface area (Å²) in [5, 5.41) is -0.337. The molecule has 0 aliphatic rings. The molecule has 0 saturated heterocycles. The second kappa shape index (κ2) is 7.61. The zero-order valence-corrected chi connectivity index (χ0v) is 14.1. The summed E-state index contributed by atoms with van der Waals surface area (Å²) in [5.41, 5.74) is 2.30. The molecule has 128 valence electrons. The van der Waals surface area contributed by atoms with Crippen molar-refractivity contribution in [3.8, 4) is 5.75 Å². The minimum absolute atomic E-state index is 0.235. The Kier molecular flexibility index (Phi) is 5.76. The highest BCUT2D eigenvalue weighted by Gasteiger charge is 2.17. The molecule has 0 spiro atoms. The number of carbonyl (C=O) groups is 1. The van der Waals surface area contributed by atoms with E-state index >= 15 is 0 Å². The molecular weight excluding hydrogens is 359 g/mol. The standard InChI is InChI=1S/C15H14ClFN2O4S/c1-2-23-11-5-3-10(4-6-11)15(20)18-19-24(21,22)12-7-8-14(17)13(16)9-12/h3-9,19H,2H2,1H3,(H,18,20). The van der Waals surface area contributed by atoms with Crippen LogP contribution in [0.3, 0.4) is 0 Å². The highest BCUT2D eigenvalue weighted by molar-refractivity contribution is 7.89. The Hall–Kier alpha value is -2.16. The zero-order valence-electron chi connectivity index (χ0n) is 12.5. The van der Waals surface area contributed by atoms with E-state index in [2.05, 4.69) is 5.43 Å². The van der Waals surface area contributed by atoms with Gasteiger partial charge in [-0.1, -0.05) is 11.6 Å². The predicted octanol–water partition coefficient (Wildman–Crippen LogP) is 2.50. The van der Waals surface area contributed by atoms with Crippen molar-refractivity contribution in [1.29, 1.82) is 0 Å². The van der Waals surface area contributed by atoms with Crippen LogP contribution in [0.2, 0.25) is 5.02 Å². The Bertz CT molecular complexity index is 841. The molecule has 0 radical (unpaired) electrons. The van der Waals surface area contributed by atoms with Gasteiger partial charge in [0.05, 0.1) is 16.5 Å². The smallest absolute Gasteiger partial charge is 0.266 e. The van der Waals surface area contributed by atoms with E-state index in [9.17, 15) is 17.6 Å². The molecular formula is C15H14ClFN2O4S. The van der Waals surface area contributed by atoms with E-state index in [1.165, 1.54) is 12.1 Å². The predicted molar refractivity (Wildman–Crippen MR) is 86.8 cm³/mol. The molecule has 24 heavy (non-hydrogen) atoms. The lowest BCUT2D eigenvalue weighted by Gasteiger charge is -2.09. The van der Waals surface area contributed by atoms with Crippen LogP contribution in [-0.2, 0) is 10.0 Å². The third-order valence-corrected chi connectivity index (χ3v) is 4.46. The topological polar surface area (TPSA) is 84.5 Å². The van der Waals surface area contributed by atoms with Crippen LogP contribution in [-0.4, -0.2) is 20.9 Å². The van der Waals surface area contributed by atoms with Gasteiger partial charge < -0.3 is 4.74 Å². The van der Waals surface area contributed by atoms with E-state index in [1.54, 1.807) is 12.1 Å². The number of sulfonamides is 1. The number of hydrogen-bond donors (Lipinski definition) is 2. The number of rotatable bonds is 6. The van der Waals surface area contributed by atoms with Crippen molar-refractivity contribution in [1.82, 2.24) is 10.3 Å². The van der Waals surface area contributed by atoms with Crippen LogP contribution >= 0.6 is 11.6 Å². The third-order valence-electron chi connectivity index (χ3n) is 2.93. The molecule has 2 aromatic carbocycles. The Labute approximate surface area is 143 Å². The normalized spacial score (nSPS) is 11.1. The molecule has 2 rings (SSSR count). The lowest BCUT2D eigenvalue weighted by atomic mass is 10.2. The van der Waals surface area contributed by atoms with Gasteiger partial charge in [-0.15, -0.1) is 4.83 Å². The second-order valence-corrected chi connectivity index (χ2v) is 6.68. The fraction of sp³-hybridized carbons (Fsp3) is 0.133. The first-order valence-corrected chi connectivity index (χ1v) is 8.69. The SMILES string of the molecule is CCOc1ccc(C(=O)NNS(=O)(=O)c2ccc(F)c(Cl)c2)cc1. The first-order chi connectivity index (χ1) is 11.3. The van der Waals surface area contributed by atoms with Gasteiger partial charge in [-0.3, -0.25) is 10.2 Å². The molecule has 0 bridgehead atoms. The van der Waals surface area contributed by atoms with Gasteiger partial charge in [0.2, 0.25) is 0 Å². The maximum absolute atomic E-state index is 13.1. The van der Waals surface area contributed by atoms with E-state index in [4.69, 9.17) is 16.3 Å². The Morgan fingerprint density at radius 1 is 1.21 bits per heavy atom. The molecule has 0 aromatic heterocycles. The molecule has 0 aliphatic carbocycles. The summed E-state index contributed by atoms with van der Waals surface area (Å²) in [6.45, 7) is 2.32. The summed E-state index contributed by atoms with van der Waals surface area (Å²) in [5.74, 6) is -0.806. The minimum Gasteiger partial charge on any atom is -0.494 e. The van der Waals surface area contributed by atoms with Crippen molar-refractivity contribution < 1.29 is 22.3 Å². The van der Waals surface area contributed by atoms with Crippen LogP contribution in [0.15, 0.2) is 47.4 Å². The van der Waals surface area contributed by atoms with Gasteiger partial charge in [0.1, 0.15) is 11.6 Å². The van der Waals surface area contributed by atoms with Crippen LogP contribution < -0.4 is 15.0 Å². The van der Waals surface area contributed by atoms with Crippen LogP contribution in [0.4, 0.5) is 4.39 Å². The lowest BCUT2D eigenvalue weighted by molar-refractivity contribution is 0.0945. The number of benzene rings is 2. The van der Waals surface area contributed by atoms with Crippen molar-refractivity contribution >= 4 is 27.5 Å². The maximum Gasteiger partial charge on any atom is 0.266 e. The summed E-state index contributed by atoms with van der Waals surface area (Å²) in [6.07, 6.45) is 0. The maximum atomic E-state index is 13.1. The third kappa shape index (κ3) is 4.44. The summed E-state index contributed by atoms with van der Waals surface area (Å²) in [7, 11) is -4.08. The highest BCUT2D eigenvalue weighted by atomic mass is 35.5. The number of hydrogen-bond acceptors (Lipinski definition) is 4. The quantitative estimate of drug-likeness (QED) is 0.763. The molecule has 2 aromatic rings. The minimum atomic E-state index is -4.08. The molecule has 0 aliphatic heterocycles. The Balaban J connectivity index is 2.05. The number of halogens is 2. The zero-order chi connectivity index (χ0) is 17.7.